The summed E-state index contributed by atoms with van der Waals surface area (Å²) in [5.74, 6) is 1.56. The molecule has 0 saturated carbocycles. The van der Waals surface area contributed by atoms with Gasteiger partial charge in [0.1, 0.15) is 18.1 Å². The molecule has 0 aliphatic heterocycles. The maximum atomic E-state index is 5.83. The van der Waals surface area contributed by atoms with E-state index in [1.165, 1.54) is 0 Å². The summed E-state index contributed by atoms with van der Waals surface area (Å²) in [6.45, 7) is 6.73. The molecule has 0 atom stereocenters. The molecular formula is C14H19N3O2. The lowest BCUT2D eigenvalue weighted by Crippen LogP contribution is -2.08. The minimum Gasteiger partial charge on any atom is -0.487 e. The first-order valence-electron chi connectivity index (χ1n) is 6.33. The van der Waals surface area contributed by atoms with Crippen LogP contribution in [-0.2, 0) is 13.0 Å². The molecule has 0 radical (unpaired) electrons. The molecule has 0 spiro atoms. The van der Waals surface area contributed by atoms with Crippen molar-refractivity contribution in [3.8, 4) is 5.75 Å². The van der Waals surface area contributed by atoms with Crippen molar-refractivity contribution in [2.24, 2.45) is 5.73 Å². The lowest BCUT2D eigenvalue weighted by Gasteiger charge is -2.10. The topological polar surface area (TPSA) is 74.2 Å². The average molecular weight is 261 g/mol. The van der Waals surface area contributed by atoms with Crippen molar-refractivity contribution >= 4 is 0 Å². The molecule has 0 saturated heterocycles. The number of nitrogens with zero attached hydrogens (tertiary/aromatic N) is 2. The zero-order valence-electron chi connectivity index (χ0n) is 11.6. The highest BCUT2D eigenvalue weighted by Crippen LogP contribution is 2.21. The molecule has 0 aliphatic rings. The summed E-state index contributed by atoms with van der Waals surface area (Å²) < 4.78 is 10.9. The van der Waals surface area contributed by atoms with Crippen molar-refractivity contribution in [1.29, 1.82) is 0 Å². The van der Waals surface area contributed by atoms with Crippen molar-refractivity contribution in [3.63, 3.8) is 0 Å². The molecule has 19 heavy (non-hydrogen) atoms. The van der Waals surface area contributed by atoms with Gasteiger partial charge < -0.3 is 15.0 Å². The van der Waals surface area contributed by atoms with Crippen LogP contribution in [0.1, 0.15) is 28.4 Å². The molecule has 0 bridgehead atoms. The zero-order chi connectivity index (χ0) is 13.8. The highest BCUT2D eigenvalue weighted by molar-refractivity contribution is 5.30. The SMILES string of the molecule is Cc1ccc(OCc2c(C)noc2C)c(CCN)n1. The van der Waals surface area contributed by atoms with Crippen LogP contribution in [0.4, 0.5) is 0 Å². The van der Waals surface area contributed by atoms with Crippen LogP contribution in [0, 0.1) is 20.8 Å². The van der Waals surface area contributed by atoms with Crippen LogP contribution in [0.2, 0.25) is 0 Å². The van der Waals surface area contributed by atoms with E-state index < -0.39 is 0 Å². The summed E-state index contributed by atoms with van der Waals surface area (Å²) >= 11 is 0. The third kappa shape index (κ3) is 3.12. The molecule has 2 aromatic heterocycles. The average Bonchev–Trinajstić information content (AvgIpc) is 2.69. The van der Waals surface area contributed by atoms with Crippen molar-refractivity contribution in [3.05, 3.63) is 40.5 Å². The smallest absolute Gasteiger partial charge is 0.141 e. The minimum atomic E-state index is 0.434. The van der Waals surface area contributed by atoms with Gasteiger partial charge in [0.05, 0.1) is 17.0 Å². The molecule has 0 unspecified atom stereocenters. The van der Waals surface area contributed by atoms with E-state index in [0.29, 0.717) is 19.6 Å². The third-order valence-corrected chi connectivity index (χ3v) is 3.01. The van der Waals surface area contributed by atoms with Gasteiger partial charge in [0.2, 0.25) is 0 Å². The van der Waals surface area contributed by atoms with Crippen LogP contribution in [0.3, 0.4) is 0 Å². The first kappa shape index (κ1) is 13.5. The Labute approximate surface area is 112 Å². The normalized spacial score (nSPS) is 10.7. The van der Waals surface area contributed by atoms with E-state index in [1.54, 1.807) is 0 Å². The van der Waals surface area contributed by atoms with Gasteiger partial charge in [0.25, 0.3) is 0 Å². The van der Waals surface area contributed by atoms with Crippen molar-refractivity contribution in [1.82, 2.24) is 10.1 Å². The predicted molar refractivity (Wildman–Crippen MR) is 72.0 cm³/mol. The van der Waals surface area contributed by atoms with Crippen molar-refractivity contribution < 1.29 is 9.26 Å². The molecule has 2 N–H and O–H groups in total. The molecule has 0 aromatic carbocycles. The van der Waals surface area contributed by atoms with E-state index in [4.69, 9.17) is 15.0 Å². The predicted octanol–water partition coefficient (Wildman–Crippen LogP) is 2.08. The molecule has 0 amide bonds. The summed E-state index contributed by atoms with van der Waals surface area (Å²) in [6, 6.07) is 3.87. The fraction of sp³-hybridized carbons (Fsp3) is 0.429. The molecule has 5 heteroatoms. The Bertz CT molecular complexity index is 544. The second-order valence-electron chi connectivity index (χ2n) is 4.53. The van der Waals surface area contributed by atoms with Gasteiger partial charge in [-0.15, -0.1) is 0 Å². The lowest BCUT2D eigenvalue weighted by molar-refractivity contribution is 0.297. The lowest BCUT2D eigenvalue weighted by atomic mass is 10.2. The first-order chi connectivity index (χ1) is 9.11. The first-order valence-corrected chi connectivity index (χ1v) is 6.33. The minimum absolute atomic E-state index is 0.434. The Morgan fingerprint density at radius 1 is 1.26 bits per heavy atom. The molecule has 5 nitrogen and oxygen atoms in total. The van der Waals surface area contributed by atoms with E-state index in [-0.39, 0.29) is 0 Å². The highest BCUT2D eigenvalue weighted by Gasteiger charge is 2.11. The van der Waals surface area contributed by atoms with Crippen LogP contribution in [0.5, 0.6) is 5.75 Å². The number of nitrogens with two attached hydrogens (primary N) is 1. The van der Waals surface area contributed by atoms with E-state index in [1.807, 2.05) is 32.9 Å². The Kier molecular flexibility index (Phi) is 4.16. The molecule has 2 aromatic rings. The number of hydrogen-bond donors (Lipinski definition) is 1. The second-order valence-corrected chi connectivity index (χ2v) is 4.53. The second kappa shape index (κ2) is 5.84. The van der Waals surface area contributed by atoms with Crippen LogP contribution in [-0.4, -0.2) is 16.7 Å². The number of rotatable bonds is 5. The van der Waals surface area contributed by atoms with E-state index >= 15 is 0 Å². The number of hydrogen-bond acceptors (Lipinski definition) is 5. The van der Waals surface area contributed by atoms with Gasteiger partial charge in [-0.1, -0.05) is 5.16 Å². The Morgan fingerprint density at radius 3 is 2.68 bits per heavy atom. The van der Waals surface area contributed by atoms with E-state index in [0.717, 1.165) is 34.2 Å². The molecule has 2 heterocycles. The summed E-state index contributed by atoms with van der Waals surface area (Å²) in [6.07, 6.45) is 0.707. The molecule has 2 rings (SSSR count). The van der Waals surface area contributed by atoms with E-state index in [2.05, 4.69) is 10.1 Å². The molecule has 0 aliphatic carbocycles. The van der Waals surface area contributed by atoms with Crippen LogP contribution in [0.25, 0.3) is 0 Å². The number of aryl methyl sites for hydroxylation is 3. The molecule has 0 fully saturated rings. The van der Waals surface area contributed by atoms with Crippen molar-refractivity contribution in [2.45, 2.75) is 33.8 Å². The van der Waals surface area contributed by atoms with Gasteiger partial charge >= 0.3 is 0 Å². The third-order valence-electron chi connectivity index (χ3n) is 3.01. The van der Waals surface area contributed by atoms with Gasteiger partial charge in [-0.2, -0.15) is 0 Å². The fourth-order valence-electron chi connectivity index (χ4n) is 1.90. The van der Waals surface area contributed by atoms with Gasteiger partial charge in [-0.05, 0) is 39.4 Å². The number of pyridine rings is 1. The number of aromatic nitrogens is 2. The quantitative estimate of drug-likeness (QED) is 0.891. The number of ether oxygens (including phenoxy) is 1. The standard InChI is InChI=1S/C14H19N3O2/c1-9-4-5-14(13(16-9)6-7-15)18-8-12-10(2)17-19-11(12)3/h4-5H,6-8,15H2,1-3H3. The van der Waals surface area contributed by atoms with Crippen LogP contribution < -0.4 is 10.5 Å². The van der Waals surface area contributed by atoms with Crippen LogP contribution >= 0.6 is 0 Å². The Morgan fingerprint density at radius 2 is 2.05 bits per heavy atom. The zero-order valence-corrected chi connectivity index (χ0v) is 11.6. The van der Waals surface area contributed by atoms with Crippen LogP contribution in [0.15, 0.2) is 16.7 Å². The summed E-state index contributed by atoms with van der Waals surface area (Å²) in [5.41, 5.74) is 9.31. The monoisotopic (exact) mass is 261 g/mol. The maximum Gasteiger partial charge on any atom is 0.141 e. The van der Waals surface area contributed by atoms with Gasteiger partial charge in [0, 0.05) is 12.1 Å². The van der Waals surface area contributed by atoms with Crippen molar-refractivity contribution in [2.75, 3.05) is 6.54 Å². The largest absolute Gasteiger partial charge is 0.487 e. The fourth-order valence-corrected chi connectivity index (χ4v) is 1.90. The Balaban J connectivity index is 2.15. The molecular weight excluding hydrogens is 242 g/mol. The maximum absolute atomic E-state index is 5.83. The Hall–Kier alpha value is -1.88. The molecule has 102 valence electrons. The van der Waals surface area contributed by atoms with Gasteiger partial charge in [-0.3, -0.25) is 4.98 Å². The summed E-state index contributed by atoms with van der Waals surface area (Å²) in [4.78, 5) is 4.46. The summed E-state index contributed by atoms with van der Waals surface area (Å²) in [5, 5.41) is 3.91. The highest BCUT2D eigenvalue weighted by atomic mass is 16.5. The van der Waals surface area contributed by atoms with Gasteiger partial charge in [0.15, 0.2) is 0 Å². The van der Waals surface area contributed by atoms with E-state index in [9.17, 15) is 0 Å². The van der Waals surface area contributed by atoms with Gasteiger partial charge in [-0.25, -0.2) is 0 Å². The summed E-state index contributed by atoms with van der Waals surface area (Å²) in [7, 11) is 0.